The van der Waals surface area contributed by atoms with E-state index in [0.717, 1.165) is 0 Å². The molecule has 0 aliphatic rings. The van der Waals surface area contributed by atoms with Crippen LogP contribution < -0.4 is 10.6 Å². The van der Waals surface area contributed by atoms with Gasteiger partial charge in [0.15, 0.2) is 0 Å². The lowest BCUT2D eigenvalue weighted by Crippen LogP contribution is -2.45. The summed E-state index contributed by atoms with van der Waals surface area (Å²) in [6.07, 6.45) is 1.05. The molecular weight excluding hydrogens is 236 g/mol. The van der Waals surface area contributed by atoms with Gasteiger partial charge in [0.25, 0.3) is 0 Å². The summed E-state index contributed by atoms with van der Waals surface area (Å²) in [5.74, 6) is -1.88. The molecule has 6 nitrogen and oxygen atoms in total. The quantitative estimate of drug-likeness (QED) is 0.647. The van der Waals surface area contributed by atoms with Crippen LogP contribution in [0, 0.1) is 5.41 Å². The van der Waals surface area contributed by atoms with Crippen molar-refractivity contribution >= 4 is 17.8 Å². The second kappa shape index (κ2) is 6.98. The minimum Gasteiger partial charge on any atom is -0.480 e. The molecule has 0 aliphatic carbocycles. The van der Waals surface area contributed by atoms with Gasteiger partial charge in [0.1, 0.15) is 6.04 Å². The normalized spacial score (nSPS) is 12.7. The number of amides is 2. The van der Waals surface area contributed by atoms with Crippen molar-refractivity contribution in [2.24, 2.45) is 5.41 Å². The Balaban J connectivity index is 4.23. The Morgan fingerprint density at radius 2 is 1.78 bits per heavy atom. The molecule has 0 saturated heterocycles. The molecule has 3 N–H and O–H groups in total. The highest BCUT2D eigenvalue weighted by Crippen LogP contribution is 2.21. The fourth-order valence-electron chi connectivity index (χ4n) is 1.28. The highest BCUT2D eigenvalue weighted by atomic mass is 16.4. The van der Waals surface area contributed by atoms with Crippen LogP contribution in [0.25, 0.3) is 0 Å². The number of carboxylic acid groups (broad SMARTS) is 1. The molecule has 2 amide bonds. The fourth-order valence-corrected chi connectivity index (χ4v) is 1.28. The highest BCUT2D eigenvalue weighted by molar-refractivity contribution is 5.87. The molecule has 18 heavy (non-hydrogen) atoms. The van der Waals surface area contributed by atoms with Gasteiger partial charge in [0.2, 0.25) is 11.8 Å². The molecule has 0 aromatic carbocycles. The minimum absolute atomic E-state index is 0.00998. The van der Waals surface area contributed by atoms with Crippen LogP contribution >= 0.6 is 0 Å². The van der Waals surface area contributed by atoms with Crippen molar-refractivity contribution in [1.29, 1.82) is 0 Å². The van der Waals surface area contributed by atoms with Crippen molar-refractivity contribution in [3.63, 3.8) is 0 Å². The number of aliphatic carboxylic acids is 1. The third-order valence-corrected chi connectivity index (χ3v) is 2.31. The molecule has 0 rings (SSSR count). The monoisotopic (exact) mass is 258 g/mol. The zero-order valence-corrected chi connectivity index (χ0v) is 11.4. The van der Waals surface area contributed by atoms with E-state index in [-0.39, 0.29) is 17.9 Å². The Labute approximate surface area is 107 Å². The van der Waals surface area contributed by atoms with E-state index in [1.807, 2.05) is 20.8 Å². The van der Waals surface area contributed by atoms with Crippen LogP contribution in [0.1, 0.15) is 40.5 Å². The Kier molecular flexibility index (Phi) is 6.36. The summed E-state index contributed by atoms with van der Waals surface area (Å²) in [6, 6.07) is -0.912. The summed E-state index contributed by atoms with van der Waals surface area (Å²) < 4.78 is 0. The van der Waals surface area contributed by atoms with Gasteiger partial charge in [0, 0.05) is 6.92 Å². The zero-order valence-electron chi connectivity index (χ0n) is 11.4. The molecule has 0 radical (unpaired) electrons. The first-order valence-corrected chi connectivity index (χ1v) is 5.88. The van der Waals surface area contributed by atoms with Crippen LogP contribution in [-0.4, -0.2) is 35.5 Å². The van der Waals surface area contributed by atoms with Crippen LogP contribution in [0.5, 0.6) is 0 Å². The number of carbonyl (C=O) groups excluding carboxylic acids is 2. The second-order valence-corrected chi connectivity index (χ2v) is 5.47. The number of hydrogen-bond donors (Lipinski definition) is 3. The summed E-state index contributed by atoms with van der Waals surface area (Å²) in [5, 5.41) is 13.7. The molecule has 1 atom stereocenters. The topological polar surface area (TPSA) is 95.5 Å². The summed E-state index contributed by atoms with van der Waals surface area (Å²) in [6.45, 7) is 7.11. The molecule has 0 spiro atoms. The van der Waals surface area contributed by atoms with Gasteiger partial charge in [-0.15, -0.1) is 0 Å². The predicted molar refractivity (Wildman–Crippen MR) is 66.9 cm³/mol. The lowest BCUT2D eigenvalue weighted by atomic mass is 9.88. The molecule has 6 heteroatoms. The molecule has 1 unspecified atom stereocenters. The van der Waals surface area contributed by atoms with E-state index in [0.29, 0.717) is 12.8 Å². The van der Waals surface area contributed by atoms with E-state index in [1.54, 1.807) is 0 Å². The van der Waals surface area contributed by atoms with Gasteiger partial charge in [-0.3, -0.25) is 9.59 Å². The van der Waals surface area contributed by atoms with Gasteiger partial charge in [-0.05, 0) is 18.3 Å². The largest absolute Gasteiger partial charge is 0.480 e. The molecule has 0 aromatic rings. The van der Waals surface area contributed by atoms with Crippen molar-refractivity contribution in [2.75, 3.05) is 6.54 Å². The van der Waals surface area contributed by atoms with E-state index in [1.165, 1.54) is 6.92 Å². The molecule has 0 aromatic heterocycles. The van der Waals surface area contributed by atoms with Gasteiger partial charge in [-0.1, -0.05) is 20.8 Å². The third kappa shape index (κ3) is 8.55. The fraction of sp³-hybridized carbons (Fsp3) is 0.750. The van der Waals surface area contributed by atoms with E-state index >= 15 is 0 Å². The molecule has 0 bridgehead atoms. The average molecular weight is 258 g/mol. The zero-order chi connectivity index (χ0) is 14.3. The van der Waals surface area contributed by atoms with Crippen LogP contribution in [0.4, 0.5) is 0 Å². The number of hydrogen-bond acceptors (Lipinski definition) is 3. The van der Waals surface area contributed by atoms with Gasteiger partial charge >= 0.3 is 5.97 Å². The van der Waals surface area contributed by atoms with Gasteiger partial charge in [0.05, 0.1) is 6.54 Å². The summed E-state index contributed by atoms with van der Waals surface area (Å²) >= 11 is 0. The van der Waals surface area contributed by atoms with E-state index in [9.17, 15) is 14.4 Å². The first-order chi connectivity index (χ1) is 8.11. The van der Waals surface area contributed by atoms with Crippen LogP contribution in [0.3, 0.4) is 0 Å². The molecule has 104 valence electrons. The van der Waals surface area contributed by atoms with Crippen LogP contribution in [-0.2, 0) is 14.4 Å². The third-order valence-electron chi connectivity index (χ3n) is 2.31. The molecule has 0 fully saturated rings. The maximum absolute atomic E-state index is 11.4. The number of carboxylic acids is 1. The maximum Gasteiger partial charge on any atom is 0.326 e. The Morgan fingerprint density at radius 1 is 1.22 bits per heavy atom. The van der Waals surface area contributed by atoms with Crippen molar-refractivity contribution in [2.45, 2.75) is 46.6 Å². The van der Waals surface area contributed by atoms with Gasteiger partial charge < -0.3 is 15.7 Å². The Bertz CT molecular complexity index is 321. The lowest BCUT2D eigenvalue weighted by Gasteiger charge is -2.21. The number of carbonyl (C=O) groups is 3. The van der Waals surface area contributed by atoms with Crippen molar-refractivity contribution in [3.05, 3.63) is 0 Å². The molecule has 0 saturated carbocycles. The van der Waals surface area contributed by atoms with E-state index < -0.39 is 17.9 Å². The van der Waals surface area contributed by atoms with Crippen molar-refractivity contribution in [1.82, 2.24) is 10.6 Å². The smallest absolute Gasteiger partial charge is 0.326 e. The second-order valence-electron chi connectivity index (χ2n) is 5.47. The molecule has 0 aliphatic heterocycles. The van der Waals surface area contributed by atoms with Crippen molar-refractivity contribution < 1.29 is 19.5 Å². The molecular formula is C12H22N2O4. The van der Waals surface area contributed by atoms with E-state index in [2.05, 4.69) is 10.6 Å². The van der Waals surface area contributed by atoms with Crippen molar-refractivity contribution in [3.8, 4) is 0 Å². The van der Waals surface area contributed by atoms with E-state index in [4.69, 9.17) is 5.11 Å². The maximum atomic E-state index is 11.4. The first-order valence-electron chi connectivity index (χ1n) is 5.88. The minimum atomic E-state index is -1.06. The van der Waals surface area contributed by atoms with Gasteiger partial charge in [-0.25, -0.2) is 4.79 Å². The van der Waals surface area contributed by atoms with Gasteiger partial charge in [-0.2, -0.15) is 0 Å². The SMILES string of the molecule is CC(=O)NCC(=O)NC(CCC(C)(C)C)C(=O)O. The Hall–Kier alpha value is -1.59. The summed E-state index contributed by atoms with van der Waals surface area (Å²) in [5.41, 5.74) is 0.00998. The number of rotatable bonds is 6. The summed E-state index contributed by atoms with van der Waals surface area (Å²) in [4.78, 5) is 33.0. The Morgan fingerprint density at radius 3 is 2.17 bits per heavy atom. The highest BCUT2D eigenvalue weighted by Gasteiger charge is 2.22. The van der Waals surface area contributed by atoms with Crippen LogP contribution in [0.15, 0.2) is 0 Å². The lowest BCUT2D eigenvalue weighted by molar-refractivity contribution is -0.142. The molecule has 0 heterocycles. The standard InChI is InChI=1S/C12H22N2O4/c1-8(15)13-7-10(16)14-9(11(17)18)5-6-12(2,3)4/h9H,5-7H2,1-4H3,(H,13,15)(H,14,16)(H,17,18). The average Bonchev–Trinajstić information content (AvgIpc) is 2.19. The summed E-state index contributed by atoms with van der Waals surface area (Å²) in [7, 11) is 0. The predicted octanol–water partition coefficient (Wildman–Crippen LogP) is 0.518. The van der Waals surface area contributed by atoms with Crippen LogP contribution in [0.2, 0.25) is 0 Å². The first kappa shape index (κ1) is 16.4. The number of nitrogens with one attached hydrogen (secondary N) is 2.